The van der Waals surface area contributed by atoms with Gasteiger partial charge in [-0.2, -0.15) is 0 Å². The van der Waals surface area contributed by atoms with Crippen LogP contribution < -0.4 is 0 Å². The summed E-state index contributed by atoms with van der Waals surface area (Å²) < 4.78 is 0. The summed E-state index contributed by atoms with van der Waals surface area (Å²) in [5.41, 5.74) is 0. The Morgan fingerprint density at radius 2 is 2.00 bits per heavy atom. The lowest BCUT2D eigenvalue weighted by Crippen LogP contribution is -2.39. The zero-order valence-corrected chi connectivity index (χ0v) is 9.32. The van der Waals surface area contributed by atoms with Crippen molar-refractivity contribution in [2.24, 2.45) is 5.92 Å². The van der Waals surface area contributed by atoms with Crippen molar-refractivity contribution < 1.29 is 9.90 Å². The van der Waals surface area contributed by atoms with E-state index in [1.807, 2.05) is 0 Å². The first-order valence-electron chi connectivity index (χ1n) is 6.16. The maximum atomic E-state index is 11.3. The van der Waals surface area contributed by atoms with Crippen LogP contribution in [0.5, 0.6) is 0 Å². The highest BCUT2D eigenvalue weighted by Crippen LogP contribution is 2.25. The molecule has 1 saturated heterocycles. The molecule has 0 atom stereocenters. The minimum atomic E-state index is -0.0655. The van der Waals surface area contributed by atoms with E-state index in [4.69, 9.17) is 0 Å². The van der Waals surface area contributed by atoms with Crippen LogP contribution in [0.15, 0.2) is 0 Å². The molecule has 0 unspecified atom stereocenters. The van der Waals surface area contributed by atoms with Gasteiger partial charge in [0.2, 0.25) is 0 Å². The van der Waals surface area contributed by atoms with Crippen LogP contribution in [0.4, 0.5) is 0 Å². The predicted molar refractivity (Wildman–Crippen MR) is 58.6 cm³/mol. The molecule has 1 aliphatic heterocycles. The van der Waals surface area contributed by atoms with Gasteiger partial charge in [-0.15, -0.1) is 0 Å². The van der Waals surface area contributed by atoms with E-state index in [0.717, 1.165) is 51.6 Å². The molecule has 0 aromatic carbocycles. The highest BCUT2D eigenvalue weighted by atomic mass is 16.3. The predicted octanol–water partition coefficient (Wildman–Crippen LogP) is 1.20. The molecule has 2 aliphatic rings. The molecule has 0 aromatic heterocycles. The number of nitrogens with zero attached hydrogens (tertiary/aromatic N) is 1. The molecule has 1 saturated carbocycles. The molecule has 3 nitrogen and oxygen atoms in total. The fourth-order valence-electron chi connectivity index (χ4n) is 2.76. The van der Waals surface area contributed by atoms with Gasteiger partial charge in [-0.05, 0) is 44.6 Å². The molecule has 2 rings (SSSR count). The molecule has 3 heteroatoms. The van der Waals surface area contributed by atoms with Crippen molar-refractivity contribution in [1.29, 1.82) is 0 Å². The van der Waals surface area contributed by atoms with Crippen molar-refractivity contribution in [3.8, 4) is 0 Å². The van der Waals surface area contributed by atoms with Gasteiger partial charge in [0.15, 0.2) is 0 Å². The van der Waals surface area contributed by atoms with Crippen LogP contribution in [-0.2, 0) is 4.79 Å². The van der Waals surface area contributed by atoms with Gasteiger partial charge in [-0.25, -0.2) is 0 Å². The summed E-state index contributed by atoms with van der Waals surface area (Å²) in [6, 6.07) is 0. The van der Waals surface area contributed by atoms with E-state index >= 15 is 0 Å². The Morgan fingerprint density at radius 3 is 2.67 bits per heavy atom. The molecule has 1 heterocycles. The topological polar surface area (TPSA) is 40.5 Å². The van der Waals surface area contributed by atoms with Crippen LogP contribution in [-0.4, -0.2) is 41.5 Å². The van der Waals surface area contributed by atoms with Crippen molar-refractivity contribution in [2.45, 2.75) is 44.6 Å². The Kier molecular flexibility index (Phi) is 3.76. The van der Waals surface area contributed by atoms with Crippen molar-refractivity contribution in [1.82, 2.24) is 4.90 Å². The number of likely N-dealkylation sites (tertiary alicyclic amines) is 1. The second-order valence-corrected chi connectivity index (χ2v) is 5.05. The average Bonchev–Trinajstić information content (AvgIpc) is 2.22. The fourth-order valence-corrected chi connectivity index (χ4v) is 2.76. The Balaban J connectivity index is 1.74. The highest BCUT2D eigenvalue weighted by molar-refractivity contribution is 5.81. The summed E-state index contributed by atoms with van der Waals surface area (Å²) in [4.78, 5) is 13.6. The van der Waals surface area contributed by atoms with Gasteiger partial charge in [-0.1, -0.05) is 0 Å². The zero-order valence-electron chi connectivity index (χ0n) is 9.32. The Hall–Kier alpha value is -0.410. The van der Waals surface area contributed by atoms with Crippen LogP contribution in [0, 0.1) is 5.92 Å². The molecule has 0 aromatic rings. The maximum absolute atomic E-state index is 11.3. The number of rotatable bonds is 2. The number of ketones is 1. The summed E-state index contributed by atoms with van der Waals surface area (Å²) in [7, 11) is 0. The lowest BCUT2D eigenvalue weighted by Gasteiger charge is -2.32. The number of hydrogen-bond donors (Lipinski definition) is 1. The standard InChI is InChI=1S/C12H21NO2/c14-11-5-3-10(4-6-11)8-13-7-1-2-12(15)9-13/h10-11,14H,1-9H2. The first kappa shape index (κ1) is 11.1. The second-order valence-electron chi connectivity index (χ2n) is 5.05. The molecule has 15 heavy (non-hydrogen) atoms. The zero-order chi connectivity index (χ0) is 10.7. The largest absolute Gasteiger partial charge is 0.393 e. The minimum absolute atomic E-state index is 0.0655. The summed E-state index contributed by atoms with van der Waals surface area (Å²) in [6.07, 6.45) is 5.91. The summed E-state index contributed by atoms with van der Waals surface area (Å²) >= 11 is 0. The van der Waals surface area contributed by atoms with Gasteiger partial charge in [0.1, 0.15) is 5.78 Å². The molecular weight excluding hydrogens is 190 g/mol. The van der Waals surface area contributed by atoms with E-state index in [1.54, 1.807) is 0 Å². The molecule has 0 radical (unpaired) electrons. The lowest BCUT2D eigenvalue weighted by atomic mass is 9.87. The number of Topliss-reactive ketones (excluding diaryl/α,β-unsaturated/α-hetero) is 1. The quantitative estimate of drug-likeness (QED) is 0.746. The van der Waals surface area contributed by atoms with Crippen LogP contribution in [0.25, 0.3) is 0 Å². The van der Waals surface area contributed by atoms with Gasteiger partial charge in [0, 0.05) is 13.0 Å². The number of carbonyl (C=O) groups is 1. The van der Waals surface area contributed by atoms with Crippen LogP contribution >= 0.6 is 0 Å². The van der Waals surface area contributed by atoms with Crippen LogP contribution in [0.2, 0.25) is 0 Å². The summed E-state index contributed by atoms with van der Waals surface area (Å²) in [5, 5.41) is 9.41. The monoisotopic (exact) mass is 211 g/mol. The lowest BCUT2D eigenvalue weighted by molar-refractivity contribution is -0.122. The molecule has 1 aliphatic carbocycles. The Labute approximate surface area is 91.5 Å². The van der Waals surface area contributed by atoms with E-state index in [9.17, 15) is 9.90 Å². The average molecular weight is 211 g/mol. The molecule has 0 spiro atoms. The minimum Gasteiger partial charge on any atom is -0.393 e. The Bertz CT molecular complexity index is 222. The smallest absolute Gasteiger partial charge is 0.146 e. The molecule has 0 amide bonds. The van der Waals surface area contributed by atoms with Gasteiger partial charge in [0.05, 0.1) is 12.6 Å². The van der Waals surface area contributed by atoms with E-state index < -0.39 is 0 Å². The normalized spacial score (nSPS) is 34.3. The van der Waals surface area contributed by atoms with Crippen LogP contribution in [0.1, 0.15) is 38.5 Å². The first-order chi connectivity index (χ1) is 7.24. The first-order valence-corrected chi connectivity index (χ1v) is 6.16. The molecular formula is C12H21NO2. The summed E-state index contributed by atoms with van der Waals surface area (Å²) in [5.74, 6) is 1.11. The van der Waals surface area contributed by atoms with Crippen LogP contribution in [0.3, 0.4) is 0 Å². The van der Waals surface area contributed by atoms with Crippen molar-refractivity contribution in [3.63, 3.8) is 0 Å². The Morgan fingerprint density at radius 1 is 1.27 bits per heavy atom. The molecule has 0 bridgehead atoms. The third-order valence-corrected chi connectivity index (χ3v) is 3.66. The summed E-state index contributed by atoms with van der Waals surface area (Å²) in [6.45, 7) is 2.82. The van der Waals surface area contributed by atoms with E-state index in [0.29, 0.717) is 18.2 Å². The third kappa shape index (κ3) is 3.28. The molecule has 1 N–H and O–H groups in total. The van der Waals surface area contributed by atoms with E-state index in [1.165, 1.54) is 0 Å². The maximum Gasteiger partial charge on any atom is 0.146 e. The number of aliphatic hydroxyl groups is 1. The molecule has 86 valence electrons. The number of aliphatic hydroxyl groups excluding tert-OH is 1. The van der Waals surface area contributed by atoms with E-state index in [-0.39, 0.29) is 6.10 Å². The van der Waals surface area contributed by atoms with Gasteiger partial charge in [-0.3, -0.25) is 9.69 Å². The van der Waals surface area contributed by atoms with Crippen molar-refractivity contribution in [2.75, 3.05) is 19.6 Å². The number of piperidine rings is 1. The van der Waals surface area contributed by atoms with E-state index in [2.05, 4.69) is 4.90 Å². The number of carbonyl (C=O) groups excluding carboxylic acids is 1. The number of hydrogen-bond acceptors (Lipinski definition) is 3. The van der Waals surface area contributed by atoms with Crippen molar-refractivity contribution in [3.05, 3.63) is 0 Å². The van der Waals surface area contributed by atoms with Crippen molar-refractivity contribution >= 4 is 5.78 Å². The molecule has 2 fully saturated rings. The van der Waals surface area contributed by atoms with Gasteiger partial charge in [0.25, 0.3) is 0 Å². The second kappa shape index (κ2) is 5.08. The third-order valence-electron chi connectivity index (χ3n) is 3.66. The van der Waals surface area contributed by atoms with Gasteiger partial charge >= 0.3 is 0 Å². The van der Waals surface area contributed by atoms with Gasteiger partial charge < -0.3 is 5.11 Å². The highest BCUT2D eigenvalue weighted by Gasteiger charge is 2.24. The SMILES string of the molecule is O=C1CCCN(CC2CCC(O)CC2)C1. The fraction of sp³-hybridized carbons (Fsp3) is 0.917.